The first-order valence-electron chi connectivity index (χ1n) is 10.8. The summed E-state index contributed by atoms with van der Waals surface area (Å²) in [5.41, 5.74) is 1.29. The molecule has 0 N–H and O–H groups in total. The monoisotopic (exact) mass is 471 g/mol. The maximum absolute atomic E-state index is 6.14. The van der Waals surface area contributed by atoms with Crippen molar-refractivity contribution in [2.75, 3.05) is 32.8 Å². The van der Waals surface area contributed by atoms with Crippen LogP contribution in [0.5, 0.6) is 11.5 Å². The van der Waals surface area contributed by atoms with Crippen LogP contribution in [0.3, 0.4) is 0 Å². The molecule has 0 aliphatic carbocycles. The standard InChI is InChI=1S/C23H26ClN5O2S/c1-26-22(21-15-30-19-4-2-3-5-20(19)31-21)25-29(23(26)32)16-28-12-10-27(11-13-28)14-17-6-8-18(24)9-7-17/h2-9,21H,10-16H2,1H3/t21-/m1/s1. The molecular formula is C23H26ClN5O2S. The summed E-state index contributed by atoms with van der Waals surface area (Å²) in [7, 11) is 1.94. The fourth-order valence-electron chi connectivity index (χ4n) is 4.15. The van der Waals surface area contributed by atoms with Crippen LogP contribution in [0.4, 0.5) is 0 Å². The third-order valence-corrected chi connectivity index (χ3v) is 6.73. The van der Waals surface area contributed by atoms with Crippen molar-refractivity contribution in [1.82, 2.24) is 24.1 Å². The molecule has 2 aliphatic heterocycles. The van der Waals surface area contributed by atoms with Gasteiger partial charge < -0.3 is 14.0 Å². The van der Waals surface area contributed by atoms with Crippen molar-refractivity contribution >= 4 is 23.8 Å². The number of hydrogen-bond donors (Lipinski definition) is 0. The van der Waals surface area contributed by atoms with Gasteiger partial charge in [0.1, 0.15) is 6.61 Å². The van der Waals surface area contributed by atoms with Crippen molar-refractivity contribution < 1.29 is 9.47 Å². The molecule has 3 aromatic rings. The van der Waals surface area contributed by atoms with Crippen molar-refractivity contribution in [3.63, 3.8) is 0 Å². The molecule has 1 aromatic heterocycles. The van der Waals surface area contributed by atoms with Crippen LogP contribution in [0.1, 0.15) is 17.5 Å². The van der Waals surface area contributed by atoms with E-state index in [2.05, 4.69) is 21.9 Å². The fourth-order valence-corrected chi connectivity index (χ4v) is 4.47. The zero-order valence-electron chi connectivity index (χ0n) is 18.0. The molecule has 1 saturated heterocycles. The smallest absolute Gasteiger partial charge is 0.198 e. The minimum atomic E-state index is -0.283. The number of hydrogen-bond acceptors (Lipinski definition) is 6. The zero-order chi connectivity index (χ0) is 22.1. The first kappa shape index (κ1) is 21.5. The topological polar surface area (TPSA) is 47.7 Å². The van der Waals surface area contributed by atoms with Crippen LogP contribution in [0.25, 0.3) is 0 Å². The molecular weight excluding hydrogens is 446 g/mol. The Bertz CT molecular complexity index is 1140. The van der Waals surface area contributed by atoms with Gasteiger partial charge in [0.2, 0.25) is 0 Å². The Hall–Kier alpha value is -2.39. The quantitative estimate of drug-likeness (QED) is 0.526. The third kappa shape index (κ3) is 4.54. The molecule has 32 heavy (non-hydrogen) atoms. The number of ether oxygens (including phenoxy) is 2. The summed E-state index contributed by atoms with van der Waals surface area (Å²) in [5, 5.41) is 5.57. The summed E-state index contributed by atoms with van der Waals surface area (Å²) in [6.07, 6.45) is -0.283. The predicted molar refractivity (Wildman–Crippen MR) is 126 cm³/mol. The molecule has 1 atom stereocenters. The maximum Gasteiger partial charge on any atom is 0.198 e. The Morgan fingerprint density at radius 2 is 1.69 bits per heavy atom. The van der Waals surface area contributed by atoms with E-state index in [0.29, 0.717) is 18.0 Å². The molecule has 5 rings (SSSR count). The number of para-hydroxylation sites is 2. The molecule has 0 spiro atoms. The van der Waals surface area contributed by atoms with Gasteiger partial charge in [-0.1, -0.05) is 35.9 Å². The van der Waals surface area contributed by atoms with Gasteiger partial charge in [-0.2, -0.15) is 5.10 Å². The molecule has 3 heterocycles. The fraction of sp³-hybridized carbons (Fsp3) is 0.391. The average Bonchev–Trinajstić information content (AvgIpc) is 3.10. The highest BCUT2D eigenvalue weighted by molar-refractivity contribution is 7.71. The van der Waals surface area contributed by atoms with E-state index >= 15 is 0 Å². The lowest BCUT2D eigenvalue weighted by molar-refractivity contribution is 0.0804. The van der Waals surface area contributed by atoms with Crippen molar-refractivity contribution in [3.05, 3.63) is 69.7 Å². The van der Waals surface area contributed by atoms with Crippen LogP contribution in [0, 0.1) is 4.77 Å². The van der Waals surface area contributed by atoms with Crippen molar-refractivity contribution in [2.24, 2.45) is 7.05 Å². The number of benzene rings is 2. The molecule has 0 unspecified atom stereocenters. The van der Waals surface area contributed by atoms with E-state index in [9.17, 15) is 0 Å². The Labute approximate surface area is 197 Å². The number of rotatable bonds is 5. The summed E-state index contributed by atoms with van der Waals surface area (Å²) < 4.78 is 16.5. The van der Waals surface area contributed by atoms with Gasteiger partial charge in [-0.25, -0.2) is 4.68 Å². The largest absolute Gasteiger partial charge is 0.485 e. The van der Waals surface area contributed by atoms with Gasteiger partial charge in [-0.15, -0.1) is 0 Å². The molecule has 7 nitrogen and oxygen atoms in total. The van der Waals surface area contributed by atoms with E-state index in [0.717, 1.165) is 55.1 Å². The van der Waals surface area contributed by atoms with Crippen LogP contribution in [0.15, 0.2) is 48.5 Å². The van der Waals surface area contributed by atoms with Crippen LogP contribution >= 0.6 is 23.8 Å². The molecule has 0 bridgehead atoms. The number of piperazine rings is 1. The summed E-state index contributed by atoms with van der Waals surface area (Å²) in [4.78, 5) is 4.85. The Morgan fingerprint density at radius 3 is 2.44 bits per heavy atom. The van der Waals surface area contributed by atoms with Crippen LogP contribution in [-0.2, 0) is 20.3 Å². The third-order valence-electron chi connectivity index (χ3n) is 5.99. The second kappa shape index (κ2) is 9.23. The molecule has 0 saturated carbocycles. The normalized spacial score (nSPS) is 19.2. The summed E-state index contributed by atoms with van der Waals surface area (Å²) in [6.45, 7) is 5.98. The minimum absolute atomic E-state index is 0.283. The van der Waals surface area contributed by atoms with Gasteiger partial charge in [-0.3, -0.25) is 9.80 Å². The lowest BCUT2D eigenvalue weighted by atomic mass is 10.2. The number of fused-ring (bicyclic) bond motifs is 1. The van der Waals surface area contributed by atoms with Crippen molar-refractivity contribution in [2.45, 2.75) is 19.3 Å². The molecule has 2 aliphatic rings. The van der Waals surface area contributed by atoms with Gasteiger partial charge in [0, 0.05) is 44.8 Å². The van der Waals surface area contributed by atoms with E-state index < -0.39 is 0 Å². The average molecular weight is 472 g/mol. The van der Waals surface area contributed by atoms with Crippen LogP contribution in [0.2, 0.25) is 5.02 Å². The highest BCUT2D eigenvalue weighted by Gasteiger charge is 2.28. The number of nitrogens with zero attached hydrogens (tertiary/aromatic N) is 5. The van der Waals surface area contributed by atoms with Gasteiger partial charge in [0.25, 0.3) is 0 Å². The summed E-state index contributed by atoms with van der Waals surface area (Å²) in [6, 6.07) is 15.8. The predicted octanol–water partition coefficient (Wildman–Crippen LogP) is 3.89. The van der Waals surface area contributed by atoms with E-state index in [1.807, 2.05) is 52.7 Å². The van der Waals surface area contributed by atoms with E-state index in [-0.39, 0.29) is 6.10 Å². The van der Waals surface area contributed by atoms with E-state index in [1.54, 1.807) is 0 Å². The van der Waals surface area contributed by atoms with Crippen LogP contribution in [-0.4, -0.2) is 56.9 Å². The Morgan fingerprint density at radius 1 is 1.00 bits per heavy atom. The molecule has 168 valence electrons. The van der Waals surface area contributed by atoms with Gasteiger partial charge >= 0.3 is 0 Å². The summed E-state index contributed by atoms with van der Waals surface area (Å²) in [5.74, 6) is 2.29. The SMILES string of the molecule is Cn1c([C@H]2COc3ccccc3O2)nn(CN2CCN(Cc3ccc(Cl)cc3)CC2)c1=S. The highest BCUT2D eigenvalue weighted by atomic mass is 35.5. The molecule has 0 radical (unpaired) electrons. The second-order valence-corrected chi connectivity index (χ2v) is 9.03. The second-order valence-electron chi connectivity index (χ2n) is 8.23. The summed E-state index contributed by atoms with van der Waals surface area (Å²) >= 11 is 11.7. The highest BCUT2D eigenvalue weighted by Crippen LogP contribution is 2.35. The zero-order valence-corrected chi connectivity index (χ0v) is 19.6. The Balaban J connectivity index is 1.20. The molecule has 2 aromatic carbocycles. The van der Waals surface area contributed by atoms with Crippen molar-refractivity contribution in [3.8, 4) is 11.5 Å². The van der Waals surface area contributed by atoms with E-state index in [1.165, 1.54) is 5.56 Å². The number of halogens is 1. The van der Waals surface area contributed by atoms with Gasteiger partial charge in [0.05, 0.1) is 6.67 Å². The first-order valence-corrected chi connectivity index (χ1v) is 11.6. The van der Waals surface area contributed by atoms with E-state index in [4.69, 9.17) is 38.4 Å². The lowest BCUT2D eigenvalue weighted by Crippen LogP contribution is -2.46. The maximum atomic E-state index is 6.14. The first-order chi connectivity index (χ1) is 15.6. The number of aromatic nitrogens is 3. The molecule has 1 fully saturated rings. The van der Waals surface area contributed by atoms with Crippen LogP contribution < -0.4 is 9.47 Å². The lowest BCUT2D eigenvalue weighted by Gasteiger charge is -2.34. The van der Waals surface area contributed by atoms with Gasteiger partial charge in [-0.05, 0) is 42.0 Å². The molecule has 0 amide bonds. The molecule has 9 heteroatoms. The van der Waals surface area contributed by atoms with Crippen molar-refractivity contribution in [1.29, 1.82) is 0 Å². The van der Waals surface area contributed by atoms with Gasteiger partial charge in [0.15, 0.2) is 28.2 Å². The minimum Gasteiger partial charge on any atom is -0.485 e. The Kier molecular flexibility index (Phi) is 6.19.